The van der Waals surface area contributed by atoms with Gasteiger partial charge < -0.3 is 15.0 Å². The van der Waals surface area contributed by atoms with Crippen LogP contribution in [0.2, 0.25) is 0 Å². The van der Waals surface area contributed by atoms with Crippen molar-refractivity contribution in [1.82, 2.24) is 24.5 Å². The van der Waals surface area contributed by atoms with Gasteiger partial charge >= 0.3 is 0 Å². The molecule has 0 atom stereocenters. The van der Waals surface area contributed by atoms with Gasteiger partial charge in [0, 0.05) is 35.8 Å². The van der Waals surface area contributed by atoms with E-state index in [0.717, 1.165) is 37.1 Å². The van der Waals surface area contributed by atoms with Gasteiger partial charge in [-0.15, -0.1) is 0 Å². The molecule has 0 spiro atoms. The van der Waals surface area contributed by atoms with Crippen molar-refractivity contribution in [2.45, 2.75) is 52.4 Å². The minimum absolute atomic E-state index is 0.186. The number of hydrogen-bond donors (Lipinski definition) is 2. The predicted molar refractivity (Wildman–Crippen MR) is 129 cm³/mol. The fourth-order valence-corrected chi connectivity index (χ4v) is 5.22. The van der Waals surface area contributed by atoms with Gasteiger partial charge in [-0.1, -0.05) is 19.9 Å². The van der Waals surface area contributed by atoms with Crippen molar-refractivity contribution in [3.8, 4) is 11.3 Å². The van der Waals surface area contributed by atoms with Gasteiger partial charge in [-0.05, 0) is 79.5 Å². The van der Waals surface area contributed by atoms with Crippen LogP contribution in [0.15, 0.2) is 43.2 Å². The molecule has 166 valence electrons. The number of aliphatic hydroxyl groups is 1. The smallest absolute Gasteiger partial charge is 0.179 e. The maximum Gasteiger partial charge on any atom is 0.179 e. The number of aryl methyl sites for hydroxylation is 1. The van der Waals surface area contributed by atoms with Gasteiger partial charge in [-0.3, -0.25) is 0 Å². The van der Waals surface area contributed by atoms with E-state index >= 15 is 0 Å². The zero-order valence-electron chi connectivity index (χ0n) is 19.3. The number of nitrogens with zero attached hydrogens (tertiary/aromatic N) is 4. The van der Waals surface area contributed by atoms with Crippen LogP contribution in [-0.4, -0.2) is 42.7 Å². The van der Waals surface area contributed by atoms with E-state index in [1.165, 1.54) is 38.9 Å². The molecule has 2 N–H and O–H groups in total. The third-order valence-electron chi connectivity index (χ3n) is 7.17. The highest BCUT2D eigenvalue weighted by Gasteiger charge is 2.24. The number of pyridine rings is 1. The Hall–Kier alpha value is -3.28. The van der Waals surface area contributed by atoms with E-state index in [1.54, 1.807) is 6.33 Å². The Kier molecular flexibility index (Phi) is 4.96. The van der Waals surface area contributed by atoms with Crippen molar-refractivity contribution in [1.29, 1.82) is 0 Å². The Morgan fingerprint density at radius 2 is 1.94 bits per heavy atom. The Bertz CT molecular complexity index is 1320. The highest BCUT2D eigenvalue weighted by molar-refractivity contribution is 5.92. The minimum Gasteiger partial charge on any atom is -0.495 e. The summed E-state index contributed by atoms with van der Waals surface area (Å²) in [7, 11) is 0. The van der Waals surface area contributed by atoms with Crippen LogP contribution in [0.3, 0.4) is 0 Å². The van der Waals surface area contributed by atoms with Crippen LogP contribution in [0.5, 0.6) is 0 Å². The quantitative estimate of drug-likeness (QED) is 0.401. The SMILES string of the molecule is C=C(O)N1CCC(c2ccc3[nH]c(-c4cn5ncnc5c(C)c4C)c(C(C)C)c3c2)CC1. The first-order valence-corrected chi connectivity index (χ1v) is 11.4. The molecule has 4 heterocycles. The molecular weight excluding hydrogens is 398 g/mol. The van der Waals surface area contributed by atoms with Gasteiger partial charge in [-0.2, -0.15) is 5.10 Å². The standard InChI is InChI=1S/C26H31N5O/c1-15(2)24-21-12-20(19-8-10-30(11-9-19)18(5)32)6-7-23(21)29-25(24)22-13-31-26(27-14-28-31)17(4)16(22)3/h6-7,12-15,19,29,32H,5,8-11H2,1-4H3. The maximum atomic E-state index is 9.70. The summed E-state index contributed by atoms with van der Waals surface area (Å²) in [5, 5.41) is 15.4. The molecule has 0 radical (unpaired) electrons. The highest BCUT2D eigenvalue weighted by Crippen LogP contribution is 2.40. The van der Waals surface area contributed by atoms with Crippen molar-refractivity contribution >= 4 is 16.6 Å². The summed E-state index contributed by atoms with van der Waals surface area (Å²) in [5.41, 5.74) is 9.56. The van der Waals surface area contributed by atoms with Gasteiger partial charge in [0.25, 0.3) is 0 Å². The molecule has 1 aromatic carbocycles. The molecule has 0 aliphatic carbocycles. The van der Waals surface area contributed by atoms with Gasteiger partial charge in [0.05, 0.1) is 5.69 Å². The predicted octanol–water partition coefficient (Wildman–Crippen LogP) is 5.83. The number of hydrogen-bond acceptors (Lipinski definition) is 4. The van der Waals surface area contributed by atoms with E-state index in [4.69, 9.17) is 0 Å². The largest absolute Gasteiger partial charge is 0.495 e. The molecular formula is C26H31N5O. The van der Waals surface area contributed by atoms with Crippen LogP contribution in [0.25, 0.3) is 27.8 Å². The third kappa shape index (κ3) is 3.25. The second-order valence-corrected chi connectivity index (χ2v) is 9.37. The van der Waals surface area contributed by atoms with Crippen LogP contribution in [0, 0.1) is 13.8 Å². The van der Waals surface area contributed by atoms with Crippen LogP contribution in [0.4, 0.5) is 0 Å². The average molecular weight is 430 g/mol. The fourth-order valence-electron chi connectivity index (χ4n) is 5.22. The molecule has 32 heavy (non-hydrogen) atoms. The second-order valence-electron chi connectivity index (χ2n) is 9.37. The molecule has 0 amide bonds. The van der Waals surface area contributed by atoms with Gasteiger partial charge in [0.15, 0.2) is 11.5 Å². The Balaban J connectivity index is 1.61. The lowest BCUT2D eigenvalue weighted by Crippen LogP contribution is -2.31. The first kappa shape index (κ1) is 20.6. The Labute approximate surface area is 188 Å². The Morgan fingerprint density at radius 1 is 1.19 bits per heavy atom. The maximum absolute atomic E-state index is 9.70. The van der Waals surface area contributed by atoms with Crippen LogP contribution in [-0.2, 0) is 0 Å². The minimum atomic E-state index is 0.186. The molecule has 6 nitrogen and oxygen atoms in total. The lowest BCUT2D eigenvalue weighted by molar-refractivity contribution is 0.167. The molecule has 1 saturated heterocycles. The van der Waals surface area contributed by atoms with Crippen LogP contribution in [0.1, 0.15) is 60.8 Å². The summed E-state index contributed by atoms with van der Waals surface area (Å²) >= 11 is 0. The van der Waals surface area contributed by atoms with E-state index in [-0.39, 0.29) is 5.88 Å². The number of aliphatic hydroxyl groups excluding tert-OH is 1. The monoisotopic (exact) mass is 429 g/mol. The summed E-state index contributed by atoms with van der Waals surface area (Å²) in [6, 6.07) is 6.88. The molecule has 1 aliphatic rings. The summed E-state index contributed by atoms with van der Waals surface area (Å²) in [6.45, 7) is 14.2. The van der Waals surface area contributed by atoms with E-state index in [9.17, 15) is 5.11 Å². The fraction of sp³-hybridized carbons (Fsp3) is 0.385. The van der Waals surface area contributed by atoms with E-state index in [1.807, 2.05) is 9.42 Å². The molecule has 0 bridgehead atoms. The number of rotatable bonds is 4. The van der Waals surface area contributed by atoms with Crippen molar-refractivity contribution in [2.24, 2.45) is 0 Å². The topological polar surface area (TPSA) is 69.5 Å². The number of H-pyrrole nitrogens is 1. The Morgan fingerprint density at radius 3 is 2.62 bits per heavy atom. The highest BCUT2D eigenvalue weighted by atomic mass is 16.3. The third-order valence-corrected chi connectivity index (χ3v) is 7.17. The summed E-state index contributed by atoms with van der Waals surface area (Å²) < 4.78 is 1.88. The normalized spacial score (nSPS) is 15.3. The molecule has 3 aromatic heterocycles. The van der Waals surface area contributed by atoms with Crippen LogP contribution < -0.4 is 0 Å². The van der Waals surface area contributed by atoms with E-state index in [0.29, 0.717) is 11.8 Å². The number of fused-ring (bicyclic) bond motifs is 2. The van der Waals surface area contributed by atoms with Crippen LogP contribution >= 0.6 is 0 Å². The number of likely N-dealkylation sites (tertiary alicyclic amines) is 1. The first-order chi connectivity index (χ1) is 15.3. The molecule has 0 saturated carbocycles. The number of nitrogens with one attached hydrogen (secondary N) is 1. The number of piperidine rings is 1. The summed E-state index contributed by atoms with van der Waals surface area (Å²) in [4.78, 5) is 10.1. The van der Waals surface area contributed by atoms with Crippen molar-refractivity contribution < 1.29 is 5.11 Å². The molecule has 0 unspecified atom stereocenters. The van der Waals surface area contributed by atoms with Gasteiger partial charge in [0.2, 0.25) is 0 Å². The molecule has 6 heteroatoms. The zero-order chi connectivity index (χ0) is 22.6. The lowest BCUT2D eigenvalue weighted by Gasteiger charge is -2.32. The molecule has 1 fully saturated rings. The van der Waals surface area contributed by atoms with Crippen molar-refractivity contribution in [3.05, 3.63) is 65.4 Å². The molecule has 4 aromatic rings. The first-order valence-electron chi connectivity index (χ1n) is 11.4. The molecule has 5 rings (SSSR count). The molecule has 1 aliphatic heterocycles. The number of benzene rings is 1. The summed E-state index contributed by atoms with van der Waals surface area (Å²) in [6.07, 6.45) is 5.77. The lowest BCUT2D eigenvalue weighted by atomic mass is 9.87. The number of aromatic nitrogens is 4. The zero-order valence-corrected chi connectivity index (χ0v) is 19.3. The second kappa shape index (κ2) is 7.69. The summed E-state index contributed by atoms with van der Waals surface area (Å²) in [5.74, 6) is 1.06. The van der Waals surface area contributed by atoms with Crippen molar-refractivity contribution in [3.63, 3.8) is 0 Å². The van der Waals surface area contributed by atoms with E-state index in [2.05, 4.69) is 73.7 Å². The van der Waals surface area contributed by atoms with Gasteiger partial charge in [0.1, 0.15) is 6.33 Å². The average Bonchev–Trinajstić information content (AvgIpc) is 3.40. The van der Waals surface area contributed by atoms with Crippen molar-refractivity contribution in [2.75, 3.05) is 13.1 Å². The number of aromatic amines is 1. The van der Waals surface area contributed by atoms with E-state index < -0.39 is 0 Å². The van der Waals surface area contributed by atoms with Gasteiger partial charge in [-0.25, -0.2) is 9.50 Å².